The van der Waals surface area contributed by atoms with Crippen LogP contribution in [0.15, 0.2) is 11.6 Å². The van der Waals surface area contributed by atoms with Gasteiger partial charge < -0.3 is 10.6 Å². The molecule has 0 radical (unpaired) electrons. The first-order chi connectivity index (χ1) is 7.75. The van der Waals surface area contributed by atoms with Crippen molar-refractivity contribution in [2.75, 3.05) is 13.1 Å². The van der Waals surface area contributed by atoms with E-state index in [0.29, 0.717) is 12.1 Å². The van der Waals surface area contributed by atoms with Crippen LogP contribution in [0.1, 0.15) is 51.9 Å². The Labute approximate surface area is 99.9 Å². The van der Waals surface area contributed by atoms with Crippen molar-refractivity contribution in [3.05, 3.63) is 11.6 Å². The average Bonchev–Trinajstić information content (AvgIpc) is 2.29. The summed E-state index contributed by atoms with van der Waals surface area (Å²) >= 11 is 0. The Morgan fingerprint density at radius 2 is 2.31 bits per heavy atom. The second kappa shape index (κ2) is 5.83. The average molecular weight is 222 g/mol. The number of likely N-dealkylation sites (tertiary alicyclic amines) is 1. The van der Waals surface area contributed by atoms with E-state index in [-0.39, 0.29) is 0 Å². The highest BCUT2D eigenvalue weighted by molar-refractivity contribution is 5.05. The highest BCUT2D eigenvalue weighted by Gasteiger charge is 2.22. The normalized spacial score (nSPS) is 32.5. The molecule has 2 atom stereocenters. The van der Waals surface area contributed by atoms with Gasteiger partial charge in [0.15, 0.2) is 0 Å². The third-order valence-electron chi connectivity index (χ3n) is 4.16. The molecule has 1 saturated heterocycles. The Balaban J connectivity index is 1.74. The van der Waals surface area contributed by atoms with Gasteiger partial charge in [-0.05, 0) is 58.4 Å². The first kappa shape index (κ1) is 12.1. The van der Waals surface area contributed by atoms with Crippen LogP contribution < -0.4 is 5.73 Å². The van der Waals surface area contributed by atoms with Gasteiger partial charge in [-0.25, -0.2) is 0 Å². The van der Waals surface area contributed by atoms with Gasteiger partial charge in [0.1, 0.15) is 0 Å². The van der Waals surface area contributed by atoms with Crippen molar-refractivity contribution in [3.8, 4) is 0 Å². The van der Waals surface area contributed by atoms with Gasteiger partial charge in [-0.2, -0.15) is 0 Å². The monoisotopic (exact) mass is 222 g/mol. The van der Waals surface area contributed by atoms with Crippen molar-refractivity contribution in [3.63, 3.8) is 0 Å². The maximum atomic E-state index is 5.99. The lowest BCUT2D eigenvalue weighted by Gasteiger charge is -2.36. The summed E-state index contributed by atoms with van der Waals surface area (Å²) in [5, 5.41) is 0. The van der Waals surface area contributed by atoms with Crippen molar-refractivity contribution < 1.29 is 0 Å². The van der Waals surface area contributed by atoms with Crippen molar-refractivity contribution >= 4 is 0 Å². The fraction of sp³-hybridized carbons (Fsp3) is 0.857. The van der Waals surface area contributed by atoms with Gasteiger partial charge in [0.25, 0.3) is 0 Å². The van der Waals surface area contributed by atoms with Crippen LogP contribution in [0.3, 0.4) is 0 Å². The summed E-state index contributed by atoms with van der Waals surface area (Å²) < 4.78 is 0. The molecule has 16 heavy (non-hydrogen) atoms. The van der Waals surface area contributed by atoms with Gasteiger partial charge in [-0.3, -0.25) is 0 Å². The fourth-order valence-corrected chi connectivity index (χ4v) is 3.01. The van der Waals surface area contributed by atoms with Crippen LogP contribution in [0.25, 0.3) is 0 Å². The van der Waals surface area contributed by atoms with Gasteiger partial charge >= 0.3 is 0 Å². The molecular formula is C14H26N2. The summed E-state index contributed by atoms with van der Waals surface area (Å²) in [6.07, 6.45) is 11.6. The standard InChI is InChI=1S/C14H26N2/c1-12-11-14(15)8-10-16(12)9-7-13-5-3-2-4-6-13/h5,12,14H,2-4,6-11,15H2,1H3. The largest absolute Gasteiger partial charge is 0.328 e. The lowest BCUT2D eigenvalue weighted by atomic mass is 9.95. The number of nitrogens with two attached hydrogens (primary N) is 1. The molecule has 1 heterocycles. The molecule has 1 aliphatic carbocycles. The quantitative estimate of drug-likeness (QED) is 0.744. The second-order valence-corrected chi connectivity index (χ2v) is 5.53. The van der Waals surface area contributed by atoms with E-state index in [9.17, 15) is 0 Å². The van der Waals surface area contributed by atoms with E-state index >= 15 is 0 Å². The van der Waals surface area contributed by atoms with E-state index in [1.165, 1.54) is 58.0 Å². The van der Waals surface area contributed by atoms with Crippen LogP contribution in [0, 0.1) is 0 Å². The van der Waals surface area contributed by atoms with Crippen LogP contribution in [-0.4, -0.2) is 30.1 Å². The first-order valence-corrected chi connectivity index (χ1v) is 6.93. The molecule has 2 rings (SSSR count). The predicted molar refractivity (Wildman–Crippen MR) is 69.4 cm³/mol. The fourth-order valence-electron chi connectivity index (χ4n) is 3.01. The zero-order valence-electron chi connectivity index (χ0n) is 10.6. The van der Waals surface area contributed by atoms with Gasteiger partial charge in [0.2, 0.25) is 0 Å². The Morgan fingerprint density at radius 3 is 3.00 bits per heavy atom. The summed E-state index contributed by atoms with van der Waals surface area (Å²) in [4.78, 5) is 2.62. The SMILES string of the molecule is CC1CC(N)CCN1CCC1=CCCCC1. The van der Waals surface area contributed by atoms with Gasteiger partial charge in [0, 0.05) is 18.6 Å². The number of rotatable bonds is 3. The smallest absolute Gasteiger partial charge is 0.00818 e. The van der Waals surface area contributed by atoms with Gasteiger partial charge in [-0.1, -0.05) is 11.6 Å². The molecular weight excluding hydrogens is 196 g/mol. The first-order valence-electron chi connectivity index (χ1n) is 6.93. The molecule has 2 heteroatoms. The molecule has 0 aromatic carbocycles. The molecule has 1 fully saturated rings. The summed E-state index contributed by atoms with van der Waals surface area (Å²) in [7, 11) is 0. The number of allylic oxidation sites excluding steroid dienone is 1. The minimum atomic E-state index is 0.445. The molecule has 0 aromatic heterocycles. The molecule has 2 nitrogen and oxygen atoms in total. The van der Waals surface area contributed by atoms with Crippen LogP contribution >= 0.6 is 0 Å². The van der Waals surface area contributed by atoms with E-state index in [4.69, 9.17) is 5.73 Å². The lowest BCUT2D eigenvalue weighted by Crippen LogP contribution is -2.45. The van der Waals surface area contributed by atoms with Crippen molar-refractivity contribution in [2.24, 2.45) is 5.73 Å². The van der Waals surface area contributed by atoms with Crippen molar-refractivity contribution in [2.45, 2.75) is 64.0 Å². The molecule has 0 spiro atoms. The zero-order valence-corrected chi connectivity index (χ0v) is 10.6. The molecule has 0 aromatic rings. The van der Waals surface area contributed by atoms with Gasteiger partial charge in [0.05, 0.1) is 0 Å². The minimum Gasteiger partial charge on any atom is -0.328 e. The number of hydrogen-bond acceptors (Lipinski definition) is 2. The molecule has 92 valence electrons. The van der Waals surface area contributed by atoms with E-state index in [2.05, 4.69) is 17.9 Å². The predicted octanol–water partition coefficient (Wildman–Crippen LogP) is 2.69. The number of hydrogen-bond donors (Lipinski definition) is 1. The third-order valence-corrected chi connectivity index (χ3v) is 4.16. The Hall–Kier alpha value is -0.340. The van der Waals surface area contributed by atoms with E-state index in [1.54, 1.807) is 5.57 Å². The van der Waals surface area contributed by atoms with Gasteiger partial charge in [-0.15, -0.1) is 0 Å². The van der Waals surface area contributed by atoms with Crippen molar-refractivity contribution in [1.82, 2.24) is 4.90 Å². The zero-order chi connectivity index (χ0) is 11.4. The van der Waals surface area contributed by atoms with E-state index < -0.39 is 0 Å². The van der Waals surface area contributed by atoms with E-state index in [1.807, 2.05) is 0 Å². The Kier molecular flexibility index (Phi) is 4.42. The summed E-state index contributed by atoms with van der Waals surface area (Å²) in [6, 6.07) is 1.13. The highest BCUT2D eigenvalue weighted by atomic mass is 15.2. The highest BCUT2D eigenvalue weighted by Crippen LogP contribution is 2.22. The van der Waals surface area contributed by atoms with Crippen LogP contribution in [0.4, 0.5) is 0 Å². The summed E-state index contributed by atoms with van der Waals surface area (Å²) in [5.41, 5.74) is 7.69. The maximum Gasteiger partial charge on any atom is 0.00818 e. The lowest BCUT2D eigenvalue weighted by molar-refractivity contribution is 0.149. The molecule has 1 aliphatic heterocycles. The molecule has 2 unspecified atom stereocenters. The minimum absolute atomic E-state index is 0.445. The molecule has 0 amide bonds. The molecule has 2 aliphatic rings. The molecule has 0 saturated carbocycles. The van der Waals surface area contributed by atoms with Crippen LogP contribution in [0.5, 0.6) is 0 Å². The summed E-state index contributed by atoms with van der Waals surface area (Å²) in [6.45, 7) is 4.78. The number of piperidine rings is 1. The maximum absolute atomic E-state index is 5.99. The Bertz CT molecular complexity index is 247. The topological polar surface area (TPSA) is 29.3 Å². The van der Waals surface area contributed by atoms with Crippen LogP contribution in [-0.2, 0) is 0 Å². The number of nitrogens with zero attached hydrogens (tertiary/aromatic N) is 1. The molecule has 0 bridgehead atoms. The summed E-state index contributed by atoms with van der Waals surface area (Å²) in [5.74, 6) is 0. The van der Waals surface area contributed by atoms with Crippen LogP contribution in [0.2, 0.25) is 0 Å². The molecule has 2 N–H and O–H groups in total. The van der Waals surface area contributed by atoms with Crippen molar-refractivity contribution in [1.29, 1.82) is 0 Å². The Morgan fingerprint density at radius 1 is 1.44 bits per heavy atom. The third kappa shape index (κ3) is 3.33. The van der Waals surface area contributed by atoms with E-state index in [0.717, 1.165) is 0 Å². The second-order valence-electron chi connectivity index (χ2n) is 5.53.